The molecule has 6 amide bonds. The fourth-order valence-corrected chi connectivity index (χ4v) is 6.63. The van der Waals surface area contributed by atoms with E-state index in [9.17, 15) is 28.8 Å². The maximum atomic E-state index is 14.2. The Morgan fingerprint density at radius 1 is 1.00 bits per heavy atom. The van der Waals surface area contributed by atoms with Crippen LogP contribution < -0.4 is 27.0 Å². The molecule has 2 aliphatic heterocycles. The number of aryl methyl sites for hydroxylation is 1. The average Bonchev–Trinajstić information content (AvgIpc) is 3.81. The van der Waals surface area contributed by atoms with Crippen molar-refractivity contribution in [3.63, 3.8) is 0 Å². The molecule has 1 saturated heterocycles. The zero-order valence-corrected chi connectivity index (χ0v) is 30.2. The molecule has 284 valence electrons. The van der Waals surface area contributed by atoms with Crippen molar-refractivity contribution in [1.29, 1.82) is 0 Å². The minimum Gasteiger partial charge on any atom is -0.372 e. The number of benzene rings is 2. The second kappa shape index (κ2) is 18.4. The van der Waals surface area contributed by atoms with Crippen LogP contribution in [0.5, 0.6) is 0 Å². The van der Waals surface area contributed by atoms with Crippen molar-refractivity contribution in [1.82, 2.24) is 41.2 Å². The molecule has 1 aromatic heterocycles. The van der Waals surface area contributed by atoms with Crippen molar-refractivity contribution in [2.45, 2.75) is 96.1 Å². The third-order valence-corrected chi connectivity index (χ3v) is 9.46. The van der Waals surface area contributed by atoms with Gasteiger partial charge in [0.15, 0.2) is 0 Å². The Morgan fingerprint density at radius 3 is 2.57 bits per heavy atom. The lowest BCUT2D eigenvalue weighted by atomic mass is 10.00. The Kier molecular flexibility index (Phi) is 13.5. The molecule has 2 aromatic carbocycles. The van der Waals surface area contributed by atoms with Crippen molar-refractivity contribution in [3.05, 3.63) is 59.9 Å². The van der Waals surface area contributed by atoms with Gasteiger partial charge in [0, 0.05) is 25.9 Å². The van der Waals surface area contributed by atoms with E-state index in [0.717, 1.165) is 16.3 Å². The predicted octanol–water partition coefficient (Wildman–Crippen LogP) is 0.468. The van der Waals surface area contributed by atoms with E-state index >= 15 is 0 Å². The number of hydrogen-bond donors (Lipinski definition) is 5. The predicted molar refractivity (Wildman–Crippen MR) is 193 cm³/mol. The molecular formula is C37H49N9O7. The summed E-state index contributed by atoms with van der Waals surface area (Å²) in [6.45, 7) is 3.99. The van der Waals surface area contributed by atoms with E-state index < -0.39 is 53.7 Å². The van der Waals surface area contributed by atoms with Crippen molar-refractivity contribution >= 4 is 46.2 Å². The van der Waals surface area contributed by atoms with Crippen LogP contribution in [0.25, 0.3) is 10.8 Å². The number of nitrogens with one attached hydrogen (secondary N) is 4. The summed E-state index contributed by atoms with van der Waals surface area (Å²) in [5.41, 5.74) is 6.98. The van der Waals surface area contributed by atoms with Gasteiger partial charge in [0.25, 0.3) is 0 Å². The van der Waals surface area contributed by atoms with Crippen molar-refractivity contribution in [2.24, 2.45) is 11.7 Å². The summed E-state index contributed by atoms with van der Waals surface area (Å²) in [6, 6.07) is 9.16. The highest BCUT2D eigenvalue weighted by Crippen LogP contribution is 2.20. The van der Waals surface area contributed by atoms with Crippen LogP contribution in [-0.4, -0.2) is 99.2 Å². The van der Waals surface area contributed by atoms with Crippen LogP contribution in [-0.2, 0) is 53.1 Å². The van der Waals surface area contributed by atoms with Crippen LogP contribution in [0.4, 0.5) is 0 Å². The van der Waals surface area contributed by atoms with Gasteiger partial charge in [-0.3, -0.25) is 28.8 Å². The molecular weight excluding hydrogens is 682 g/mol. The molecule has 0 spiro atoms. The smallest absolute Gasteiger partial charge is 0.245 e. The van der Waals surface area contributed by atoms with Gasteiger partial charge >= 0.3 is 0 Å². The molecule has 1 fully saturated rings. The summed E-state index contributed by atoms with van der Waals surface area (Å²) >= 11 is 0. The maximum Gasteiger partial charge on any atom is 0.245 e. The number of primary amides is 1. The van der Waals surface area contributed by atoms with E-state index in [2.05, 4.69) is 31.6 Å². The van der Waals surface area contributed by atoms with E-state index in [-0.39, 0.29) is 50.8 Å². The standard InChI is InChI=1S/C37H49N9O7/c1-23(2)16-28(34(38)49)41-36(51)30-22-53-21-27-19-40-44-46(27)15-6-5-11-32(47)39-20-33(48)45-14-7-10-31(45)37(52)42-29(35(50)43-30)18-24-12-13-25-8-3-4-9-26(25)17-24/h3-4,8-9,12-13,17,19,23,28-31H,5-7,10-11,14-16,18,20-22H2,1-2H3,(H2,38,49)(H,39,47)(H,41,51)(H,42,52)(H,43,50)/t28-,29-,30-,31-/m0/s1. The van der Waals surface area contributed by atoms with Gasteiger partial charge < -0.3 is 36.6 Å². The van der Waals surface area contributed by atoms with Gasteiger partial charge in [-0.15, -0.1) is 5.10 Å². The van der Waals surface area contributed by atoms with Gasteiger partial charge in [0.05, 0.1) is 31.6 Å². The molecule has 0 unspecified atom stereocenters. The lowest BCUT2D eigenvalue weighted by Gasteiger charge is -2.28. The lowest BCUT2D eigenvalue weighted by molar-refractivity contribution is -0.140. The van der Waals surface area contributed by atoms with Gasteiger partial charge in [0.2, 0.25) is 35.4 Å². The monoisotopic (exact) mass is 731 g/mol. The number of nitrogens with zero attached hydrogens (tertiary/aromatic N) is 4. The third kappa shape index (κ3) is 10.8. The zero-order valence-electron chi connectivity index (χ0n) is 30.2. The Balaban J connectivity index is 1.44. The SMILES string of the molecule is CC(C)C[C@H](NC(=O)[C@@H]1COCc2cnnn2CCCCC(=O)NCC(=O)N2CCC[C@H]2C(=O)N[C@@H](Cc2ccc3ccccc3c2)C(=O)N1)C(N)=O. The van der Waals surface area contributed by atoms with E-state index in [0.29, 0.717) is 44.5 Å². The number of carbonyl (C=O) groups is 6. The Hall–Kier alpha value is -5.38. The zero-order chi connectivity index (χ0) is 37.9. The number of carbonyl (C=O) groups excluding carboxylic acids is 6. The second-order valence-electron chi connectivity index (χ2n) is 14.0. The van der Waals surface area contributed by atoms with Crippen LogP contribution in [0.3, 0.4) is 0 Å². The average molecular weight is 732 g/mol. The van der Waals surface area contributed by atoms with Crippen LogP contribution in [0.2, 0.25) is 0 Å². The van der Waals surface area contributed by atoms with E-state index in [4.69, 9.17) is 10.5 Å². The van der Waals surface area contributed by atoms with Crippen molar-refractivity contribution in [3.8, 4) is 0 Å². The first-order valence-electron chi connectivity index (χ1n) is 18.2. The number of rotatable bonds is 7. The van der Waals surface area contributed by atoms with Gasteiger partial charge in [0.1, 0.15) is 24.2 Å². The summed E-state index contributed by atoms with van der Waals surface area (Å²) < 4.78 is 7.57. The molecule has 0 saturated carbocycles. The second-order valence-corrected chi connectivity index (χ2v) is 14.0. The highest BCUT2D eigenvalue weighted by atomic mass is 16.5. The molecule has 16 heteroatoms. The molecule has 4 atom stereocenters. The van der Waals surface area contributed by atoms with Gasteiger partial charge in [-0.05, 0) is 54.4 Å². The summed E-state index contributed by atoms with van der Waals surface area (Å²) in [4.78, 5) is 81.3. The molecule has 3 aromatic rings. The first-order chi connectivity index (χ1) is 25.5. The van der Waals surface area contributed by atoms with Crippen molar-refractivity contribution in [2.75, 3.05) is 19.7 Å². The lowest BCUT2D eigenvalue weighted by Crippen LogP contribution is -2.59. The van der Waals surface area contributed by atoms with E-state index in [1.54, 1.807) is 4.68 Å². The molecule has 0 aliphatic carbocycles. The normalized spacial score (nSPS) is 21.8. The van der Waals surface area contributed by atoms with Crippen LogP contribution in [0.15, 0.2) is 48.7 Å². The molecule has 6 N–H and O–H groups in total. The summed E-state index contributed by atoms with van der Waals surface area (Å²) in [7, 11) is 0. The van der Waals surface area contributed by atoms with E-state index in [1.165, 1.54) is 11.1 Å². The number of hydrogen-bond acceptors (Lipinski definition) is 9. The summed E-state index contributed by atoms with van der Waals surface area (Å²) in [5, 5.41) is 21.0. The largest absolute Gasteiger partial charge is 0.372 e. The fourth-order valence-electron chi connectivity index (χ4n) is 6.63. The number of nitrogens with two attached hydrogens (primary N) is 1. The molecule has 0 radical (unpaired) electrons. The van der Waals surface area contributed by atoms with Crippen LogP contribution in [0, 0.1) is 5.92 Å². The number of aromatic nitrogens is 3. The molecule has 16 nitrogen and oxygen atoms in total. The van der Waals surface area contributed by atoms with E-state index in [1.807, 2.05) is 56.3 Å². The topological polar surface area (TPSA) is 220 Å². The third-order valence-electron chi connectivity index (χ3n) is 9.46. The Morgan fingerprint density at radius 2 is 1.79 bits per heavy atom. The minimum atomic E-state index is -1.28. The number of ether oxygens (including phenoxy) is 1. The number of fused-ring (bicyclic) bond motifs is 3. The molecule has 0 bridgehead atoms. The van der Waals surface area contributed by atoms with Crippen LogP contribution >= 0.6 is 0 Å². The minimum absolute atomic E-state index is 0.00470. The summed E-state index contributed by atoms with van der Waals surface area (Å²) in [5.74, 6) is -3.25. The molecule has 2 aliphatic rings. The highest BCUT2D eigenvalue weighted by molar-refractivity contribution is 5.96. The highest BCUT2D eigenvalue weighted by Gasteiger charge is 2.37. The maximum absolute atomic E-state index is 14.2. The Bertz CT molecular complexity index is 1790. The van der Waals surface area contributed by atoms with Gasteiger partial charge in [-0.2, -0.15) is 0 Å². The fraction of sp³-hybridized carbons (Fsp3) is 0.514. The Labute approximate surface area is 307 Å². The summed E-state index contributed by atoms with van der Waals surface area (Å²) in [6.07, 6.45) is 4.14. The van der Waals surface area contributed by atoms with Gasteiger partial charge in [-0.25, -0.2) is 4.68 Å². The first kappa shape index (κ1) is 38.8. The van der Waals surface area contributed by atoms with Gasteiger partial charge in [-0.1, -0.05) is 61.5 Å². The van der Waals surface area contributed by atoms with Crippen LogP contribution in [0.1, 0.15) is 63.6 Å². The van der Waals surface area contributed by atoms with Crippen molar-refractivity contribution < 1.29 is 33.5 Å². The molecule has 53 heavy (non-hydrogen) atoms. The molecule has 3 heterocycles. The first-order valence-corrected chi connectivity index (χ1v) is 18.2. The quantitative estimate of drug-likeness (QED) is 0.228. The molecule has 5 rings (SSSR count). The number of amides is 6.